The monoisotopic (exact) mass is 170 g/mol. The standard InChI is InChI=1S/C11H22O/c1-4-6-7-8-9-10-12-11(3)5-2/h5H,4,6-10H2,1-3H3. The van der Waals surface area contributed by atoms with Gasteiger partial charge in [0.1, 0.15) is 0 Å². The lowest BCUT2D eigenvalue weighted by Gasteiger charge is -2.04. The molecule has 0 saturated heterocycles. The molecule has 0 amide bonds. The topological polar surface area (TPSA) is 9.23 Å². The molecule has 0 bridgehead atoms. The quantitative estimate of drug-likeness (QED) is 0.416. The first-order valence-electron chi connectivity index (χ1n) is 5.07. The van der Waals surface area contributed by atoms with E-state index in [1.54, 1.807) is 0 Å². The van der Waals surface area contributed by atoms with E-state index in [0.717, 1.165) is 12.4 Å². The molecule has 0 spiro atoms. The fourth-order valence-corrected chi connectivity index (χ4v) is 1.02. The summed E-state index contributed by atoms with van der Waals surface area (Å²) in [4.78, 5) is 0. The van der Waals surface area contributed by atoms with Gasteiger partial charge < -0.3 is 4.74 Å². The van der Waals surface area contributed by atoms with Gasteiger partial charge in [-0.2, -0.15) is 0 Å². The zero-order valence-corrected chi connectivity index (χ0v) is 8.73. The van der Waals surface area contributed by atoms with Crippen molar-refractivity contribution in [2.75, 3.05) is 6.61 Å². The SMILES string of the molecule is CC=C(C)OCCCCCCC. The number of hydrogen-bond acceptors (Lipinski definition) is 1. The first kappa shape index (κ1) is 11.5. The van der Waals surface area contributed by atoms with Gasteiger partial charge in [-0.05, 0) is 20.3 Å². The third kappa shape index (κ3) is 7.64. The Morgan fingerprint density at radius 2 is 1.83 bits per heavy atom. The molecular formula is C11H22O. The molecule has 0 aromatic carbocycles. The van der Waals surface area contributed by atoms with Crippen LogP contribution in [0.5, 0.6) is 0 Å². The van der Waals surface area contributed by atoms with Crippen LogP contribution in [0, 0.1) is 0 Å². The zero-order chi connectivity index (χ0) is 9.23. The average molecular weight is 170 g/mol. The van der Waals surface area contributed by atoms with Gasteiger partial charge in [0, 0.05) is 0 Å². The average Bonchev–Trinajstić information content (AvgIpc) is 2.10. The Morgan fingerprint density at radius 3 is 2.42 bits per heavy atom. The van der Waals surface area contributed by atoms with E-state index in [-0.39, 0.29) is 0 Å². The van der Waals surface area contributed by atoms with Gasteiger partial charge in [-0.15, -0.1) is 0 Å². The molecule has 1 heteroatoms. The van der Waals surface area contributed by atoms with E-state index in [1.165, 1.54) is 32.1 Å². The number of ether oxygens (including phenoxy) is 1. The first-order valence-corrected chi connectivity index (χ1v) is 5.07. The summed E-state index contributed by atoms with van der Waals surface area (Å²) < 4.78 is 5.43. The van der Waals surface area contributed by atoms with Gasteiger partial charge >= 0.3 is 0 Å². The number of rotatable bonds is 7. The molecule has 0 rings (SSSR count). The predicted molar refractivity (Wildman–Crippen MR) is 54.1 cm³/mol. The van der Waals surface area contributed by atoms with Crippen LogP contribution in [-0.2, 0) is 4.74 Å². The summed E-state index contributed by atoms with van der Waals surface area (Å²) in [5.41, 5.74) is 0. The molecule has 0 aliphatic carbocycles. The maximum absolute atomic E-state index is 5.43. The van der Waals surface area contributed by atoms with Crippen LogP contribution in [0.15, 0.2) is 11.8 Å². The van der Waals surface area contributed by atoms with Crippen LogP contribution in [0.3, 0.4) is 0 Å². The first-order chi connectivity index (χ1) is 5.81. The van der Waals surface area contributed by atoms with Crippen molar-refractivity contribution in [1.82, 2.24) is 0 Å². The Morgan fingerprint density at radius 1 is 1.17 bits per heavy atom. The molecule has 0 saturated carbocycles. The van der Waals surface area contributed by atoms with Crippen LogP contribution in [0.1, 0.15) is 52.9 Å². The van der Waals surface area contributed by atoms with Crippen LogP contribution in [0.2, 0.25) is 0 Å². The minimum absolute atomic E-state index is 0.889. The molecule has 0 aliphatic heterocycles. The molecule has 12 heavy (non-hydrogen) atoms. The van der Waals surface area contributed by atoms with E-state index < -0.39 is 0 Å². The highest BCUT2D eigenvalue weighted by Crippen LogP contribution is 2.04. The fraction of sp³-hybridized carbons (Fsp3) is 0.818. The van der Waals surface area contributed by atoms with Crippen molar-refractivity contribution < 1.29 is 4.74 Å². The maximum atomic E-state index is 5.43. The number of unbranched alkanes of at least 4 members (excludes halogenated alkanes) is 4. The van der Waals surface area contributed by atoms with Crippen molar-refractivity contribution in [1.29, 1.82) is 0 Å². The van der Waals surface area contributed by atoms with E-state index in [9.17, 15) is 0 Å². The van der Waals surface area contributed by atoms with E-state index >= 15 is 0 Å². The third-order valence-electron chi connectivity index (χ3n) is 1.98. The van der Waals surface area contributed by atoms with Crippen LogP contribution in [-0.4, -0.2) is 6.61 Å². The number of allylic oxidation sites excluding steroid dienone is 2. The lowest BCUT2D eigenvalue weighted by Crippen LogP contribution is -1.91. The fourth-order valence-electron chi connectivity index (χ4n) is 1.02. The second kappa shape index (κ2) is 8.63. The third-order valence-corrected chi connectivity index (χ3v) is 1.98. The summed E-state index contributed by atoms with van der Waals surface area (Å²) in [6, 6.07) is 0. The minimum Gasteiger partial charge on any atom is -0.499 e. The Bertz CT molecular complexity index is 116. The van der Waals surface area contributed by atoms with E-state index in [1.807, 2.05) is 19.9 Å². The molecular weight excluding hydrogens is 148 g/mol. The molecule has 72 valence electrons. The summed E-state index contributed by atoms with van der Waals surface area (Å²) in [5.74, 6) is 1.05. The van der Waals surface area contributed by atoms with Gasteiger partial charge in [0.05, 0.1) is 12.4 Å². The molecule has 0 aliphatic rings. The lowest BCUT2D eigenvalue weighted by molar-refractivity contribution is 0.206. The minimum atomic E-state index is 0.889. The van der Waals surface area contributed by atoms with Crippen LogP contribution in [0.4, 0.5) is 0 Å². The molecule has 0 heterocycles. The van der Waals surface area contributed by atoms with Crippen molar-refractivity contribution in [3.63, 3.8) is 0 Å². The molecule has 0 aromatic rings. The van der Waals surface area contributed by atoms with Crippen LogP contribution >= 0.6 is 0 Å². The molecule has 0 N–H and O–H groups in total. The lowest BCUT2D eigenvalue weighted by atomic mass is 10.2. The highest BCUT2D eigenvalue weighted by atomic mass is 16.5. The van der Waals surface area contributed by atoms with Gasteiger partial charge in [-0.3, -0.25) is 0 Å². The normalized spacial score (nSPS) is 11.8. The van der Waals surface area contributed by atoms with E-state index in [4.69, 9.17) is 4.74 Å². The highest BCUT2D eigenvalue weighted by molar-refractivity contribution is 4.83. The van der Waals surface area contributed by atoms with Crippen molar-refractivity contribution in [3.05, 3.63) is 11.8 Å². The Labute approximate surface area is 76.8 Å². The second-order valence-electron chi connectivity index (χ2n) is 3.16. The second-order valence-corrected chi connectivity index (χ2v) is 3.16. The molecule has 1 nitrogen and oxygen atoms in total. The van der Waals surface area contributed by atoms with E-state index in [2.05, 4.69) is 6.92 Å². The van der Waals surface area contributed by atoms with Gasteiger partial charge in [0.25, 0.3) is 0 Å². The van der Waals surface area contributed by atoms with Gasteiger partial charge in [0.2, 0.25) is 0 Å². The van der Waals surface area contributed by atoms with Crippen molar-refractivity contribution in [2.45, 2.75) is 52.9 Å². The summed E-state index contributed by atoms with van der Waals surface area (Å²) in [5, 5.41) is 0. The van der Waals surface area contributed by atoms with Gasteiger partial charge in [-0.1, -0.05) is 38.7 Å². The molecule has 0 atom stereocenters. The van der Waals surface area contributed by atoms with Crippen molar-refractivity contribution in [2.24, 2.45) is 0 Å². The molecule has 0 aromatic heterocycles. The van der Waals surface area contributed by atoms with Crippen molar-refractivity contribution >= 4 is 0 Å². The smallest absolute Gasteiger partial charge is 0.0886 e. The maximum Gasteiger partial charge on any atom is 0.0886 e. The summed E-state index contributed by atoms with van der Waals surface area (Å²) in [6.45, 7) is 7.14. The summed E-state index contributed by atoms with van der Waals surface area (Å²) in [6.07, 6.45) is 8.55. The molecule has 0 radical (unpaired) electrons. The molecule has 0 fully saturated rings. The Hall–Kier alpha value is -0.460. The predicted octanol–water partition coefficient (Wildman–Crippen LogP) is 3.90. The van der Waals surface area contributed by atoms with Crippen LogP contribution < -0.4 is 0 Å². The van der Waals surface area contributed by atoms with Gasteiger partial charge in [0.15, 0.2) is 0 Å². The number of hydrogen-bond donors (Lipinski definition) is 0. The summed E-state index contributed by atoms with van der Waals surface area (Å²) in [7, 11) is 0. The summed E-state index contributed by atoms with van der Waals surface area (Å²) >= 11 is 0. The highest BCUT2D eigenvalue weighted by Gasteiger charge is 1.90. The van der Waals surface area contributed by atoms with E-state index in [0.29, 0.717) is 0 Å². The Kier molecular flexibility index (Phi) is 8.30. The van der Waals surface area contributed by atoms with Gasteiger partial charge in [-0.25, -0.2) is 0 Å². The largest absolute Gasteiger partial charge is 0.499 e. The molecule has 0 unspecified atom stereocenters. The Balaban J connectivity index is 3.00. The zero-order valence-electron chi connectivity index (χ0n) is 8.73. The van der Waals surface area contributed by atoms with Crippen LogP contribution in [0.25, 0.3) is 0 Å². The van der Waals surface area contributed by atoms with Crippen molar-refractivity contribution in [3.8, 4) is 0 Å².